The maximum Gasteiger partial charge on any atom is 0.175 e. The van der Waals surface area contributed by atoms with Crippen molar-refractivity contribution in [2.45, 2.75) is 13.8 Å². The standard InChI is InChI=1S/C13H16BrClO2/c1-4-17-13-11(14)6-10(5-9(2)8-15)7-12(13)16-3/h5-7H,4,8H2,1-3H3. The van der Waals surface area contributed by atoms with Crippen LogP contribution in [0.2, 0.25) is 0 Å². The average Bonchev–Trinajstić information content (AvgIpc) is 2.32. The molecule has 0 spiro atoms. The molecule has 0 saturated carbocycles. The minimum atomic E-state index is 0.521. The second kappa shape index (κ2) is 6.92. The fraction of sp³-hybridized carbons (Fsp3) is 0.385. The highest BCUT2D eigenvalue weighted by molar-refractivity contribution is 9.10. The van der Waals surface area contributed by atoms with E-state index in [0.717, 1.165) is 27.1 Å². The zero-order valence-electron chi connectivity index (χ0n) is 10.2. The first-order valence-electron chi connectivity index (χ1n) is 5.35. The van der Waals surface area contributed by atoms with Gasteiger partial charge in [0.15, 0.2) is 11.5 Å². The van der Waals surface area contributed by atoms with Crippen LogP contribution in [-0.2, 0) is 0 Å². The molecule has 0 aromatic heterocycles. The Bertz CT molecular complexity index is 416. The first kappa shape index (κ1) is 14.4. The summed E-state index contributed by atoms with van der Waals surface area (Å²) in [6, 6.07) is 3.93. The van der Waals surface area contributed by atoms with E-state index in [0.29, 0.717) is 12.5 Å². The van der Waals surface area contributed by atoms with E-state index < -0.39 is 0 Å². The van der Waals surface area contributed by atoms with Gasteiger partial charge in [0.05, 0.1) is 18.2 Å². The van der Waals surface area contributed by atoms with E-state index >= 15 is 0 Å². The van der Waals surface area contributed by atoms with Crippen molar-refractivity contribution in [2.75, 3.05) is 19.6 Å². The summed E-state index contributed by atoms with van der Waals surface area (Å²) in [6.45, 7) is 4.53. The lowest BCUT2D eigenvalue weighted by molar-refractivity contribution is 0.309. The van der Waals surface area contributed by atoms with Crippen molar-refractivity contribution in [1.29, 1.82) is 0 Å². The zero-order chi connectivity index (χ0) is 12.8. The lowest BCUT2D eigenvalue weighted by atomic mass is 10.1. The molecular formula is C13H16BrClO2. The highest BCUT2D eigenvalue weighted by Gasteiger charge is 2.10. The molecule has 17 heavy (non-hydrogen) atoms. The number of ether oxygens (including phenoxy) is 2. The van der Waals surface area contributed by atoms with Gasteiger partial charge in [0.1, 0.15) is 0 Å². The van der Waals surface area contributed by atoms with Crippen LogP contribution in [0.25, 0.3) is 6.08 Å². The number of hydrogen-bond acceptors (Lipinski definition) is 2. The summed E-state index contributed by atoms with van der Waals surface area (Å²) < 4.78 is 11.7. The van der Waals surface area contributed by atoms with Crippen LogP contribution in [0.15, 0.2) is 22.2 Å². The molecule has 2 nitrogen and oxygen atoms in total. The van der Waals surface area contributed by atoms with Gasteiger partial charge in [0.2, 0.25) is 0 Å². The lowest BCUT2D eigenvalue weighted by Gasteiger charge is -2.12. The molecule has 0 N–H and O–H groups in total. The largest absolute Gasteiger partial charge is 0.493 e. The van der Waals surface area contributed by atoms with E-state index in [-0.39, 0.29) is 0 Å². The predicted octanol–water partition coefficient (Wildman–Crippen LogP) is 4.50. The van der Waals surface area contributed by atoms with E-state index in [9.17, 15) is 0 Å². The topological polar surface area (TPSA) is 18.5 Å². The molecule has 0 unspecified atom stereocenters. The molecule has 0 aliphatic carbocycles. The van der Waals surface area contributed by atoms with E-state index in [1.54, 1.807) is 7.11 Å². The van der Waals surface area contributed by atoms with Crippen LogP contribution < -0.4 is 9.47 Å². The van der Waals surface area contributed by atoms with Crippen LogP contribution in [0.4, 0.5) is 0 Å². The van der Waals surface area contributed by atoms with Crippen LogP contribution >= 0.6 is 27.5 Å². The normalized spacial score (nSPS) is 11.5. The molecule has 0 radical (unpaired) electrons. The van der Waals surface area contributed by atoms with E-state index in [4.69, 9.17) is 21.1 Å². The molecule has 0 aliphatic rings. The van der Waals surface area contributed by atoms with E-state index in [2.05, 4.69) is 15.9 Å². The van der Waals surface area contributed by atoms with Gasteiger partial charge in [-0.3, -0.25) is 0 Å². The van der Waals surface area contributed by atoms with Crippen molar-refractivity contribution in [2.24, 2.45) is 0 Å². The third kappa shape index (κ3) is 3.93. The summed E-state index contributed by atoms with van der Waals surface area (Å²) in [6.07, 6.45) is 2.02. The fourth-order valence-corrected chi connectivity index (χ4v) is 2.08. The second-order valence-corrected chi connectivity index (χ2v) is 4.71. The summed E-state index contributed by atoms with van der Waals surface area (Å²) in [5.41, 5.74) is 2.14. The summed E-state index contributed by atoms with van der Waals surface area (Å²) >= 11 is 9.24. The van der Waals surface area contributed by atoms with Crippen molar-refractivity contribution in [3.05, 3.63) is 27.7 Å². The SMILES string of the molecule is CCOc1c(Br)cc(C=C(C)CCl)cc1OC. The molecular weight excluding hydrogens is 303 g/mol. The minimum Gasteiger partial charge on any atom is -0.493 e. The molecule has 1 rings (SSSR count). The number of halogens is 2. The highest BCUT2D eigenvalue weighted by atomic mass is 79.9. The third-order valence-corrected chi connectivity index (χ3v) is 3.17. The molecule has 0 fully saturated rings. The van der Waals surface area contributed by atoms with Gasteiger partial charge in [-0.1, -0.05) is 11.6 Å². The molecule has 0 heterocycles. The number of methoxy groups -OCH3 is 1. The lowest BCUT2D eigenvalue weighted by Crippen LogP contribution is -1.97. The van der Waals surface area contributed by atoms with Gasteiger partial charge in [-0.25, -0.2) is 0 Å². The average molecular weight is 320 g/mol. The van der Waals surface area contributed by atoms with Gasteiger partial charge in [0, 0.05) is 5.88 Å². The van der Waals surface area contributed by atoms with Crippen molar-refractivity contribution >= 4 is 33.6 Å². The van der Waals surface area contributed by atoms with Crippen molar-refractivity contribution in [3.63, 3.8) is 0 Å². The Morgan fingerprint density at radius 1 is 1.47 bits per heavy atom. The van der Waals surface area contributed by atoms with Crippen LogP contribution in [0.1, 0.15) is 19.4 Å². The first-order valence-corrected chi connectivity index (χ1v) is 6.68. The van der Waals surface area contributed by atoms with Gasteiger partial charge in [-0.2, -0.15) is 0 Å². The monoisotopic (exact) mass is 318 g/mol. The van der Waals surface area contributed by atoms with Crippen LogP contribution in [0.3, 0.4) is 0 Å². The number of allylic oxidation sites excluding steroid dienone is 1. The maximum atomic E-state index is 5.76. The highest BCUT2D eigenvalue weighted by Crippen LogP contribution is 2.37. The Kier molecular flexibility index (Phi) is 5.86. The Labute approximate surface area is 116 Å². The minimum absolute atomic E-state index is 0.521. The molecule has 1 aromatic carbocycles. The first-order chi connectivity index (χ1) is 8.12. The third-order valence-electron chi connectivity index (χ3n) is 2.16. The molecule has 4 heteroatoms. The molecule has 0 saturated heterocycles. The van der Waals surface area contributed by atoms with Crippen LogP contribution in [0, 0.1) is 0 Å². The van der Waals surface area contributed by atoms with Crippen molar-refractivity contribution in [3.8, 4) is 11.5 Å². The summed E-state index contributed by atoms with van der Waals surface area (Å²) in [5, 5.41) is 0. The zero-order valence-corrected chi connectivity index (χ0v) is 12.6. The Morgan fingerprint density at radius 2 is 2.18 bits per heavy atom. The van der Waals surface area contributed by atoms with Gasteiger partial charge in [-0.05, 0) is 47.5 Å². The molecule has 0 atom stereocenters. The molecule has 1 aromatic rings. The van der Waals surface area contributed by atoms with E-state index in [1.165, 1.54) is 0 Å². The van der Waals surface area contributed by atoms with Crippen molar-refractivity contribution in [1.82, 2.24) is 0 Å². The van der Waals surface area contributed by atoms with E-state index in [1.807, 2.05) is 32.1 Å². The number of alkyl halides is 1. The number of hydrogen-bond donors (Lipinski definition) is 0. The van der Waals surface area contributed by atoms with Crippen molar-refractivity contribution < 1.29 is 9.47 Å². The maximum absolute atomic E-state index is 5.76. The number of benzene rings is 1. The van der Waals surface area contributed by atoms with Crippen LogP contribution in [0.5, 0.6) is 11.5 Å². The molecule has 0 aliphatic heterocycles. The summed E-state index contributed by atoms with van der Waals surface area (Å²) in [7, 11) is 1.63. The molecule has 0 bridgehead atoms. The van der Waals surface area contributed by atoms with Gasteiger partial charge in [0.25, 0.3) is 0 Å². The molecule has 94 valence electrons. The molecule has 0 amide bonds. The number of rotatable bonds is 5. The summed E-state index contributed by atoms with van der Waals surface area (Å²) in [5.74, 6) is 1.97. The Morgan fingerprint density at radius 3 is 2.71 bits per heavy atom. The van der Waals surface area contributed by atoms with Gasteiger partial charge >= 0.3 is 0 Å². The van der Waals surface area contributed by atoms with Gasteiger partial charge < -0.3 is 9.47 Å². The van der Waals surface area contributed by atoms with Gasteiger partial charge in [-0.15, -0.1) is 11.6 Å². The second-order valence-electron chi connectivity index (χ2n) is 3.59. The predicted molar refractivity (Wildman–Crippen MR) is 76.2 cm³/mol. The Hall–Kier alpha value is -0.670. The fourth-order valence-electron chi connectivity index (χ4n) is 1.43. The van der Waals surface area contributed by atoms with Crippen LogP contribution in [-0.4, -0.2) is 19.6 Å². The quantitative estimate of drug-likeness (QED) is 0.744. The summed E-state index contributed by atoms with van der Waals surface area (Å²) in [4.78, 5) is 0. The Balaban J connectivity index is 3.17. The smallest absolute Gasteiger partial charge is 0.175 e.